The molecule has 162 valence electrons. The van der Waals surface area contributed by atoms with Crippen LogP contribution in [0.25, 0.3) is 0 Å². The van der Waals surface area contributed by atoms with Gasteiger partial charge >= 0.3 is 5.97 Å². The van der Waals surface area contributed by atoms with Gasteiger partial charge in [0.2, 0.25) is 5.91 Å². The standard InChI is InChI=1S/C19H18Cl2F2N2O5/c1-4-30-16(27)7-15(26)25(9-10-8-24-14(21)5-11(10)20)19-17(22)12(28-2)6-13(29-3)18(19)23/h5-6,8H,4,7,9H2,1-3H3. The van der Waals surface area contributed by atoms with Gasteiger partial charge in [0, 0.05) is 17.8 Å². The van der Waals surface area contributed by atoms with E-state index in [2.05, 4.69) is 4.98 Å². The van der Waals surface area contributed by atoms with Crippen LogP contribution in [0, 0.1) is 11.6 Å². The van der Waals surface area contributed by atoms with E-state index >= 15 is 8.78 Å². The van der Waals surface area contributed by atoms with Gasteiger partial charge in [-0.05, 0) is 13.0 Å². The van der Waals surface area contributed by atoms with Gasteiger partial charge in [-0.25, -0.2) is 13.8 Å². The molecule has 0 radical (unpaired) electrons. The van der Waals surface area contributed by atoms with Crippen molar-refractivity contribution in [2.24, 2.45) is 0 Å². The van der Waals surface area contributed by atoms with Crippen LogP contribution in [-0.4, -0.2) is 37.7 Å². The summed E-state index contributed by atoms with van der Waals surface area (Å²) in [5.74, 6) is -4.84. The molecule has 30 heavy (non-hydrogen) atoms. The van der Waals surface area contributed by atoms with Gasteiger partial charge in [-0.3, -0.25) is 9.59 Å². The number of nitrogens with zero attached hydrogens (tertiary/aromatic N) is 2. The second-order valence-electron chi connectivity index (χ2n) is 5.82. The van der Waals surface area contributed by atoms with E-state index in [1.807, 2.05) is 0 Å². The van der Waals surface area contributed by atoms with Crippen LogP contribution in [0.15, 0.2) is 18.3 Å². The summed E-state index contributed by atoms with van der Waals surface area (Å²) < 4.78 is 44.6. The molecular weight excluding hydrogens is 445 g/mol. The van der Waals surface area contributed by atoms with E-state index < -0.39 is 42.2 Å². The van der Waals surface area contributed by atoms with Gasteiger partial charge in [0.1, 0.15) is 17.3 Å². The van der Waals surface area contributed by atoms with E-state index in [0.717, 1.165) is 6.07 Å². The molecule has 1 amide bonds. The number of hydrogen-bond donors (Lipinski definition) is 0. The number of rotatable bonds is 8. The first-order chi connectivity index (χ1) is 14.2. The van der Waals surface area contributed by atoms with Crippen molar-refractivity contribution >= 4 is 40.8 Å². The van der Waals surface area contributed by atoms with Crippen LogP contribution in [0.5, 0.6) is 11.5 Å². The van der Waals surface area contributed by atoms with E-state index in [9.17, 15) is 9.59 Å². The van der Waals surface area contributed by atoms with E-state index in [0.29, 0.717) is 4.90 Å². The van der Waals surface area contributed by atoms with Gasteiger partial charge in [-0.2, -0.15) is 0 Å². The molecule has 0 N–H and O–H groups in total. The second kappa shape index (κ2) is 10.4. The van der Waals surface area contributed by atoms with Gasteiger partial charge in [-0.1, -0.05) is 23.2 Å². The Balaban J connectivity index is 2.61. The van der Waals surface area contributed by atoms with E-state index in [1.54, 1.807) is 6.92 Å². The SMILES string of the molecule is CCOC(=O)CC(=O)N(Cc1cnc(Cl)cc1Cl)c1c(F)c(OC)cc(OC)c1F. The van der Waals surface area contributed by atoms with Crippen LogP contribution < -0.4 is 14.4 Å². The van der Waals surface area contributed by atoms with Crippen molar-refractivity contribution in [1.82, 2.24) is 4.98 Å². The number of anilines is 1. The van der Waals surface area contributed by atoms with E-state index in [1.165, 1.54) is 26.5 Å². The lowest BCUT2D eigenvalue weighted by molar-refractivity contribution is -0.145. The smallest absolute Gasteiger partial charge is 0.315 e. The number of benzene rings is 1. The Kier molecular flexibility index (Phi) is 8.19. The number of methoxy groups -OCH3 is 2. The lowest BCUT2D eigenvalue weighted by Gasteiger charge is -2.25. The zero-order chi connectivity index (χ0) is 22.4. The third kappa shape index (κ3) is 5.28. The van der Waals surface area contributed by atoms with Gasteiger partial charge in [0.15, 0.2) is 23.1 Å². The molecule has 0 aliphatic rings. The average molecular weight is 463 g/mol. The van der Waals surface area contributed by atoms with Crippen LogP contribution in [-0.2, 0) is 20.9 Å². The third-order valence-corrected chi connectivity index (χ3v) is 4.51. The first kappa shape index (κ1) is 23.6. The Hall–Kier alpha value is -2.65. The van der Waals surface area contributed by atoms with Crippen LogP contribution in [0.4, 0.5) is 14.5 Å². The van der Waals surface area contributed by atoms with Gasteiger partial charge in [0.25, 0.3) is 0 Å². The summed E-state index contributed by atoms with van der Waals surface area (Å²) in [7, 11) is 2.34. The lowest BCUT2D eigenvalue weighted by Crippen LogP contribution is -2.34. The number of pyridine rings is 1. The number of esters is 1. The highest BCUT2D eigenvalue weighted by Crippen LogP contribution is 2.38. The summed E-state index contributed by atoms with van der Waals surface area (Å²) in [4.78, 5) is 29.2. The molecule has 0 saturated heterocycles. The maximum atomic E-state index is 15.0. The molecule has 0 atom stereocenters. The number of halogens is 4. The number of ether oxygens (including phenoxy) is 3. The Bertz CT molecular complexity index is 931. The van der Waals surface area contributed by atoms with Gasteiger partial charge in [-0.15, -0.1) is 0 Å². The first-order valence-corrected chi connectivity index (χ1v) is 9.34. The zero-order valence-corrected chi connectivity index (χ0v) is 17.8. The summed E-state index contributed by atoms with van der Waals surface area (Å²) in [6, 6.07) is 2.31. The molecule has 2 rings (SSSR count). The Morgan fingerprint density at radius 3 is 2.20 bits per heavy atom. The molecule has 2 aromatic rings. The first-order valence-electron chi connectivity index (χ1n) is 8.59. The molecule has 0 aliphatic carbocycles. The quantitative estimate of drug-likeness (QED) is 0.332. The molecule has 1 aromatic heterocycles. The fourth-order valence-corrected chi connectivity index (χ4v) is 2.98. The van der Waals surface area contributed by atoms with E-state index in [-0.39, 0.29) is 33.8 Å². The van der Waals surface area contributed by atoms with Crippen LogP contribution in [0.1, 0.15) is 18.9 Å². The molecule has 0 aliphatic heterocycles. The Morgan fingerprint density at radius 1 is 1.10 bits per heavy atom. The molecule has 1 heterocycles. The van der Waals surface area contributed by atoms with Crippen LogP contribution in [0.2, 0.25) is 10.2 Å². The molecule has 0 spiro atoms. The molecule has 0 saturated carbocycles. The molecule has 11 heteroatoms. The second-order valence-corrected chi connectivity index (χ2v) is 6.61. The molecule has 0 unspecified atom stereocenters. The van der Waals surface area contributed by atoms with Crippen molar-refractivity contribution in [3.63, 3.8) is 0 Å². The zero-order valence-electron chi connectivity index (χ0n) is 16.3. The average Bonchev–Trinajstić information content (AvgIpc) is 2.69. The van der Waals surface area contributed by atoms with Crippen molar-refractivity contribution in [2.75, 3.05) is 25.7 Å². The Labute approximate surface area is 181 Å². The minimum absolute atomic E-state index is 0.0365. The summed E-state index contributed by atoms with van der Waals surface area (Å²) >= 11 is 11.9. The lowest BCUT2D eigenvalue weighted by atomic mass is 10.1. The van der Waals surface area contributed by atoms with Crippen molar-refractivity contribution in [2.45, 2.75) is 19.9 Å². The van der Waals surface area contributed by atoms with Crippen LogP contribution >= 0.6 is 23.2 Å². The molecule has 1 aromatic carbocycles. The number of hydrogen-bond acceptors (Lipinski definition) is 6. The number of carbonyl (C=O) groups excluding carboxylic acids is 2. The highest BCUT2D eigenvalue weighted by Gasteiger charge is 2.30. The summed E-state index contributed by atoms with van der Waals surface area (Å²) in [5, 5.41) is 0.202. The fourth-order valence-electron chi connectivity index (χ4n) is 2.55. The fraction of sp³-hybridized carbons (Fsp3) is 0.316. The summed E-state index contributed by atoms with van der Waals surface area (Å²) in [5.41, 5.74) is -0.537. The van der Waals surface area contributed by atoms with Gasteiger partial charge < -0.3 is 19.1 Å². The number of amides is 1. The monoisotopic (exact) mass is 462 g/mol. The third-order valence-electron chi connectivity index (χ3n) is 3.95. The topological polar surface area (TPSA) is 78.0 Å². The summed E-state index contributed by atoms with van der Waals surface area (Å²) in [6.07, 6.45) is 0.493. The van der Waals surface area contributed by atoms with Gasteiger partial charge in [0.05, 0.1) is 32.4 Å². The predicted octanol–water partition coefficient (Wildman–Crippen LogP) is 4.17. The van der Waals surface area contributed by atoms with Crippen molar-refractivity contribution < 1.29 is 32.6 Å². The molecular formula is C19H18Cl2F2N2O5. The maximum absolute atomic E-state index is 15.0. The molecule has 0 bridgehead atoms. The number of aromatic nitrogens is 1. The normalized spacial score (nSPS) is 10.5. The summed E-state index contributed by atoms with van der Waals surface area (Å²) in [6.45, 7) is 1.19. The molecule has 0 fully saturated rings. The van der Waals surface area contributed by atoms with Crippen molar-refractivity contribution in [3.8, 4) is 11.5 Å². The van der Waals surface area contributed by atoms with Crippen LogP contribution in [0.3, 0.4) is 0 Å². The highest BCUT2D eigenvalue weighted by molar-refractivity contribution is 6.34. The van der Waals surface area contributed by atoms with E-state index in [4.69, 9.17) is 37.4 Å². The molecule has 7 nitrogen and oxygen atoms in total. The minimum Gasteiger partial charge on any atom is -0.493 e. The maximum Gasteiger partial charge on any atom is 0.315 e. The largest absolute Gasteiger partial charge is 0.493 e. The number of carbonyl (C=O) groups is 2. The minimum atomic E-state index is -1.16. The predicted molar refractivity (Wildman–Crippen MR) is 106 cm³/mol. The highest BCUT2D eigenvalue weighted by atomic mass is 35.5. The van der Waals surface area contributed by atoms with Crippen molar-refractivity contribution in [1.29, 1.82) is 0 Å². The van der Waals surface area contributed by atoms with Crippen molar-refractivity contribution in [3.05, 3.63) is 45.7 Å². The Morgan fingerprint density at radius 2 is 1.70 bits per heavy atom.